The number of rotatable bonds is 4. The molecule has 0 saturated carbocycles. The fourth-order valence-corrected chi connectivity index (χ4v) is 2.80. The Morgan fingerprint density at radius 1 is 1.09 bits per heavy atom. The first-order chi connectivity index (χ1) is 10.8. The molecule has 0 saturated heterocycles. The average Bonchev–Trinajstić information content (AvgIpc) is 3.00. The number of aromatic nitrogens is 2. The molecule has 5 heteroatoms. The van der Waals surface area contributed by atoms with Gasteiger partial charge in [0.1, 0.15) is 4.88 Å². The van der Waals surface area contributed by atoms with Gasteiger partial charge in [0.25, 0.3) is 0 Å². The van der Waals surface area contributed by atoms with E-state index in [1.54, 1.807) is 18.6 Å². The molecule has 22 heavy (non-hydrogen) atoms. The molecule has 0 spiro atoms. The van der Waals surface area contributed by atoms with Gasteiger partial charge in [-0.25, -0.2) is 9.78 Å². The summed E-state index contributed by atoms with van der Waals surface area (Å²) in [4.78, 5) is 21.3. The molecule has 2 aromatic heterocycles. The summed E-state index contributed by atoms with van der Waals surface area (Å²) in [6.45, 7) is 1.80. The number of thiazole rings is 1. The van der Waals surface area contributed by atoms with Gasteiger partial charge in [0.2, 0.25) is 0 Å². The van der Waals surface area contributed by atoms with Gasteiger partial charge in [-0.2, -0.15) is 0 Å². The van der Waals surface area contributed by atoms with Crippen LogP contribution in [-0.4, -0.2) is 15.9 Å². The highest BCUT2D eigenvalue weighted by Gasteiger charge is 2.23. The molecule has 0 unspecified atom stereocenters. The second kappa shape index (κ2) is 6.49. The van der Waals surface area contributed by atoms with Gasteiger partial charge in [-0.15, -0.1) is 11.3 Å². The van der Waals surface area contributed by atoms with E-state index in [-0.39, 0.29) is 5.97 Å². The van der Waals surface area contributed by atoms with Gasteiger partial charge in [0, 0.05) is 6.20 Å². The highest BCUT2D eigenvalue weighted by atomic mass is 32.1. The summed E-state index contributed by atoms with van der Waals surface area (Å²) < 4.78 is 5.72. The highest BCUT2D eigenvalue weighted by molar-refractivity contribution is 7.11. The molecule has 1 aromatic carbocycles. The quantitative estimate of drug-likeness (QED) is 0.688. The van der Waals surface area contributed by atoms with Gasteiger partial charge in [0.05, 0.1) is 16.9 Å². The van der Waals surface area contributed by atoms with Crippen LogP contribution in [0.1, 0.15) is 32.7 Å². The van der Waals surface area contributed by atoms with E-state index >= 15 is 0 Å². The Bertz CT molecular complexity index is 717. The Balaban J connectivity index is 1.93. The molecule has 0 aliphatic carbocycles. The third-order valence-corrected chi connectivity index (χ3v) is 4.12. The lowest BCUT2D eigenvalue weighted by Gasteiger charge is -2.17. The second-order valence-corrected chi connectivity index (χ2v) is 5.57. The number of pyridine rings is 1. The van der Waals surface area contributed by atoms with Gasteiger partial charge in [-0.1, -0.05) is 36.4 Å². The van der Waals surface area contributed by atoms with Gasteiger partial charge in [-0.05, 0) is 24.6 Å². The maximum atomic E-state index is 12.4. The monoisotopic (exact) mass is 310 g/mol. The molecular formula is C17H14N2O2S. The van der Waals surface area contributed by atoms with Crippen LogP contribution in [0.4, 0.5) is 0 Å². The average molecular weight is 310 g/mol. The summed E-state index contributed by atoms with van der Waals surface area (Å²) in [7, 11) is 0. The van der Waals surface area contributed by atoms with Crippen molar-refractivity contribution in [3.8, 4) is 0 Å². The lowest BCUT2D eigenvalue weighted by Crippen LogP contribution is -2.14. The summed E-state index contributed by atoms with van der Waals surface area (Å²) in [5, 5.41) is 0. The van der Waals surface area contributed by atoms with E-state index in [1.807, 2.05) is 48.5 Å². The topological polar surface area (TPSA) is 52.1 Å². The fourth-order valence-electron chi connectivity index (χ4n) is 2.12. The largest absolute Gasteiger partial charge is 0.447 e. The molecule has 0 fully saturated rings. The van der Waals surface area contributed by atoms with Crippen LogP contribution in [0.15, 0.2) is 60.2 Å². The standard InChI is InChI=1S/C17H14N2O2S/c1-12-16(22-11-19-12)17(20)21-15(13-7-3-2-4-8-13)14-9-5-6-10-18-14/h2-11,15H,1H3/t15-/m0/s1. The first kappa shape index (κ1) is 14.4. The van der Waals surface area contributed by atoms with Crippen molar-refractivity contribution in [1.82, 2.24) is 9.97 Å². The molecule has 4 nitrogen and oxygen atoms in total. The third-order valence-electron chi connectivity index (χ3n) is 3.21. The Morgan fingerprint density at radius 3 is 2.50 bits per heavy atom. The van der Waals surface area contributed by atoms with E-state index in [4.69, 9.17) is 4.74 Å². The SMILES string of the molecule is Cc1ncsc1C(=O)O[C@@H](c1ccccc1)c1ccccn1. The van der Waals surface area contributed by atoms with Crippen LogP contribution >= 0.6 is 11.3 Å². The van der Waals surface area contributed by atoms with Crippen molar-refractivity contribution in [3.63, 3.8) is 0 Å². The minimum Gasteiger partial charge on any atom is -0.447 e. The molecule has 110 valence electrons. The van der Waals surface area contributed by atoms with E-state index in [0.717, 1.165) is 5.56 Å². The zero-order valence-corrected chi connectivity index (χ0v) is 12.8. The summed E-state index contributed by atoms with van der Waals surface area (Å²) in [5.74, 6) is -0.375. The van der Waals surface area contributed by atoms with Crippen molar-refractivity contribution in [2.24, 2.45) is 0 Å². The van der Waals surface area contributed by atoms with Crippen LogP contribution in [0.25, 0.3) is 0 Å². The molecule has 0 amide bonds. The molecular weight excluding hydrogens is 296 g/mol. The number of esters is 1. The van der Waals surface area contributed by atoms with Crippen molar-refractivity contribution < 1.29 is 9.53 Å². The summed E-state index contributed by atoms with van der Waals surface area (Å²) in [5.41, 5.74) is 3.91. The number of aryl methyl sites for hydroxylation is 1. The minimum absolute atomic E-state index is 0.375. The molecule has 0 aliphatic heterocycles. The van der Waals surface area contributed by atoms with E-state index in [1.165, 1.54) is 11.3 Å². The second-order valence-electron chi connectivity index (χ2n) is 4.72. The molecule has 3 rings (SSSR count). The van der Waals surface area contributed by atoms with Crippen LogP contribution in [0.3, 0.4) is 0 Å². The fraction of sp³-hybridized carbons (Fsp3) is 0.118. The predicted molar refractivity (Wildman–Crippen MR) is 84.8 cm³/mol. The summed E-state index contributed by atoms with van der Waals surface area (Å²) >= 11 is 1.28. The Hall–Kier alpha value is -2.53. The molecule has 0 N–H and O–H groups in total. The zero-order valence-electron chi connectivity index (χ0n) is 12.0. The normalized spacial score (nSPS) is 11.9. The summed E-state index contributed by atoms with van der Waals surface area (Å²) in [6, 6.07) is 15.2. The van der Waals surface area contributed by atoms with E-state index in [0.29, 0.717) is 16.3 Å². The lowest BCUT2D eigenvalue weighted by molar-refractivity contribution is 0.0375. The van der Waals surface area contributed by atoms with E-state index < -0.39 is 6.10 Å². The van der Waals surface area contributed by atoms with Crippen LogP contribution in [0, 0.1) is 6.92 Å². The van der Waals surface area contributed by atoms with Gasteiger partial charge in [0.15, 0.2) is 6.10 Å². The third kappa shape index (κ3) is 3.04. The molecule has 0 radical (unpaired) electrons. The lowest BCUT2D eigenvalue weighted by atomic mass is 10.1. The van der Waals surface area contributed by atoms with Crippen molar-refractivity contribution in [3.05, 3.63) is 82.1 Å². The summed E-state index contributed by atoms with van der Waals surface area (Å²) in [6.07, 6.45) is 1.16. The molecule has 0 aliphatic rings. The number of ether oxygens (including phenoxy) is 1. The smallest absolute Gasteiger partial charge is 0.351 e. The first-order valence-corrected chi connectivity index (χ1v) is 7.70. The highest BCUT2D eigenvalue weighted by Crippen LogP contribution is 2.26. The van der Waals surface area contributed by atoms with Crippen molar-refractivity contribution in [2.45, 2.75) is 13.0 Å². The first-order valence-electron chi connectivity index (χ1n) is 6.82. The maximum absolute atomic E-state index is 12.4. The Kier molecular flexibility index (Phi) is 4.25. The number of nitrogens with zero attached hydrogens (tertiary/aromatic N) is 2. The van der Waals surface area contributed by atoms with Gasteiger partial charge in [-0.3, -0.25) is 4.98 Å². The number of hydrogen-bond acceptors (Lipinski definition) is 5. The number of benzene rings is 1. The van der Waals surface area contributed by atoms with Crippen LogP contribution in [0.2, 0.25) is 0 Å². The van der Waals surface area contributed by atoms with Crippen LogP contribution < -0.4 is 0 Å². The molecule has 2 heterocycles. The van der Waals surface area contributed by atoms with Crippen molar-refractivity contribution >= 4 is 17.3 Å². The van der Waals surface area contributed by atoms with E-state index in [9.17, 15) is 4.79 Å². The van der Waals surface area contributed by atoms with Crippen molar-refractivity contribution in [1.29, 1.82) is 0 Å². The van der Waals surface area contributed by atoms with Crippen molar-refractivity contribution in [2.75, 3.05) is 0 Å². The minimum atomic E-state index is -0.531. The maximum Gasteiger partial charge on any atom is 0.351 e. The van der Waals surface area contributed by atoms with E-state index in [2.05, 4.69) is 9.97 Å². The number of carbonyl (C=O) groups is 1. The van der Waals surface area contributed by atoms with Crippen LogP contribution in [-0.2, 0) is 4.74 Å². The number of carbonyl (C=O) groups excluding carboxylic acids is 1. The van der Waals surface area contributed by atoms with Gasteiger partial charge < -0.3 is 4.74 Å². The van der Waals surface area contributed by atoms with Crippen LogP contribution in [0.5, 0.6) is 0 Å². The predicted octanol–water partition coefficient (Wildman–Crippen LogP) is 3.79. The van der Waals surface area contributed by atoms with Gasteiger partial charge >= 0.3 is 5.97 Å². The molecule has 3 aromatic rings. The molecule has 1 atom stereocenters. The Morgan fingerprint density at radius 2 is 1.86 bits per heavy atom. The Labute approximate surface area is 132 Å². The number of hydrogen-bond donors (Lipinski definition) is 0. The zero-order chi connectivity index (χ0) is 15.4. The molecule has 0 bridgehead atoms.